The molecule has 2 aromatic carbocycles. The van der Waals surface area contributed by atoms with E-state index in [-0.39, 0.29) is 0 Å². The molecule has 7 heteroatoms. The van der Waals surface area contributed by atoms with E-state index in [1.165, 1.54) is 0 Å². The van der Waals surface area contributed by atoms with E-state index in [9.17, 15) is 0 Å². The number of aryl methyl sites for hydroxylation is 1. The Kier molecular flexibility index (Phi) is 3.65. The van der Waals surface area contributed by atoms with Crippen LogP contribution in [-0.4, -0.2) is 20.2 Å². The highest BCUT2D eigenvalue weighted by atomic mass is 79.9. The Morgan fingerprint density at radius 3 is 2.71 bits per heavy atom. The average molecular weight is 365 g/mol. The summed E-state index contributed by atoms with van der Waals surface area (Å²) >= 11 is 9.78. The Bertz CT molecular complexity index is 795. The summed E-state index contributed by atoms with van der Waals surface area (Å²) in [5, 5.41) is 12.5. The molecule has 0 fully saturated rings. The van der Waals surface area contributed by atoms with Gasteiger partial charge in [-0.2, -0.15) is 4.68 Å². The monoisotopic (exact) mass is 363 g/mol. The summed E-state index contributed by atoms with van der Waals surface area (Å²) in [6.45, 7) is 1.96. The van der Waals surface area contributed by atoms with Crippen molar-refractivity contribution >= 4 is 33.2 Å². The summed E-state index contributed by atoms with van der Waals surface area (Å²) in [6, 6.07) is 11.2. The first kappa shape index (κ1) is 14.0. The number of rotatable bonds is 2. The second kappa shape index (κ2) is 5.46. The smallest absolute Gasteiger partial charge is 0.188 e. The van der Waals surface area contributed by atoms with Crippen LogP contribution in [0.25, 0.3) is 17.1 Å². The molecule has 0 aliphatic rings. The Morgan fingerprint density at radius 1 is 1.19 bits per heavy atom. The molecule has 3 aromatic rings. The second-order valence-electron chi connectivity index (χ2n) is 4.53. The fraction of sp³-hybridized carbons (Fsp3) is 0.0714. The van der Waals surface area contributed by atoms with Crippen LogP contribution >= 0.6 is 27.5 Å². The van der Waals surface area contributed by atoms with Gasteiger partial charge in [-0.3, -0.25) is 0 Å². The zero-order valence-corrected chi connectivity index (χ0v) is 13.4. The van der Waals surface area contributed by atoms with Crippen molar-refractivity contribution in [2.45, 2.75) is 6.92 Å². The number of hydrogen-bond acceptors (Lipinski definition) is 4. The van der Waals surface area contributed by atoms with E-state index >= 15 is 0 Å². The molecule has 1 heterocycles. The first-order chi connectivity index (χ1) is 10.1. The number of aromatic nitrogens is 4. The van der Waals surface area contributed by atoms with Crippen molar-refractivity contribution < 1.29 is 0 Å². The summed E-state index contributed by atoms with van der Waals surface area (Å²) in [5.74, 6) is 0.574. The second-order valence-corrected chi connectivity index (χ2v) is 5.73. The SMILES string of the molecule is Cc1cccc(Cl)c1-n1nnnc1-c1cccc(N)c1Br. The summed E-state index contributed by atoms with van der Waals surface area (Å²) in [6.07, 6.45) is 0. The molecular formula is C14H11BrClN5. The maximum absolute atomic E-state index is 6.30. The number of halogens is 2. The molecule has 5 nitrogen and oxygen atoms in total. The number of benzene rings is 2. The zero-order chi connectivity index (χ0) is 15.0. The normalized spacial score (nSPS) is 10.8. The van der Waals surface area contributed by atoms with Gasteiger partial charge in [-0.1, -0.05) is 29.8 Å². The molecule has 3 rings (SSSR count). The van der Waals surface area contributed by atoms with Crippen molar-refractivity contribution in [2.75, 3.05) is 5.73 Å². The maximum atomic E-state index is 6.30. The van der Waals surface area contributed by atoms with Gasteiger partial charge in [-0.25, -0.2) is 0 Å². The third kappa shape index (κ3) is 2.41. The summed E-state index contributed by atoms with van der Waals surface area (Å²) in [4.78, 5) is 0. The van der Waals surface area contributed by atoms with Crippen LogP contribution in [-0.2, 0) is 0 Å². The Morgan fingerprint density at radius 2 is 1.95 bits per heavy atom. The number of nitrogen functional groups attached to an aromatic ring is 1. The number of hydrogen-bond donors (Lipinski definition) is 1. The van der Waals surface area contributed by atoms with Crippen LogP contribution in [0.2, 0.25) is 5.02 Å². The lowest BCUT2D eigenvalue weighted by atomic mass is 10.1. The maximum Gasteiger partial charge on any atom is 0.188 e. The zero-order valence-electron chi connectivity index (χ0n) is 11.1. The van der Waals surface area contributed by atoms with Gasteiger partial charge >= 0.3 is 0 Å². The van der Waals surface area contributed by atoms with E-state index in [0.717, 1.165) is 21.3 Å². The van der Waals surface area contributed by atoms with E-state index in [0.29, 0.717) is 16.5 Å². The molecule has 0 radical (unpaired) electrons. The van der Waals surface area contributed by atoms with E-state index in [4.69, 9.17) is 17.3 Å². The van der Waals surface area contributed by atoms with Gasteiger partial charge in [-0.05, 0) is 57.0 Å². The van der Waals surface area contributed by atoms with Crippen molar-refractivity contribution in [2.24, 2.45) is 0 Å². The standard InChI is InChI=1S/C14H11BrClN5/c1-8-4-2-6-10(16)13(8)21-14(18-19-20-21)9-5-3-7-11(17)12(9)15/h2-7H,17H2,1H3. The number of tetrazole rings is 1. The van der Waals surface area contributed by atoms with Crippen LogP contribution < -0.4 is 5.73 Å². The van der Waals surface area contributed by atoms with Gasteiger partial charge in [0.25, 0.3) is 0 Å². The first-order valence-electron chi connectivity index (χ1n) is 6.18. The van der Waals surface area contributed by atoms with E-state index < -0.39 is 0 Å². The predicted octanol–water partition coefficient (Wildman–Crippen LogP) is 3.64. The highest BCUT2D eigenvalue weighted by molar-refractivity contribution is 9.10. The molecule has 0 unspecified atom stereocenters. The van der Waals surface area contributed by atoms with Gasteiger partial charge in [-0.15, -0.1) is 5.10 Å². The Labute approximate surface area is 134 Å². The fourth-order valence-corrected chi connectivity index (χ4v) is 2.86. The number of nitrogens with zero attached hydrogens (tertiary/aromatic N) is 4. The number of nitrogens with two attached hydrogens (primary N) is 1. The molecule has 0 aliphatic carbocycles. The summed E-state index contributed by atoms with van der Waals surface area (Å²) in [5.41, 5.74) is 9.09. The third-order valence-electron chi connectivity index (χ3n) is 3.14. The predicted molar refractivity (Wildman–Crippen MR) is 86.4 cm³/mol. The van der Waals surface area contributed by atoms with Gasteiger partial charge in [0, 0.05) is 11.3 Å². The molecule has 0 saturated heterocycles. The molecule has 0 aliphatic heterocycles. The van der Waals surface area contributed by atoms with Crippen LogP contribution in [0.15, 0.2) is 40.9 Å². The molecule has 2 N–H and O–H groups in total. The molecule has 0 atom stereocenters. The van der Waals surface area contributed by atoms with Crippen molar-refractivity contribution in [3.8, 4) is 17.1 Å². The number of para-hydroxylation sites is 1. The number of anilines is 1. The van der Waals surface area contributed by atoms with Crippen LogP contribution in [0.3, 0.4) is 0 Å². The Hall–Kier alpha value is -1.92. The minimum atomic E-state index is 0.574. The van der Waals surface area contributed by atoms with Crippen molar-refractivity contribution in [1.82, 2.24) is 20.2 Å². The minimum absolute atomic E-state index is 0.574. The highest BCUT2D eigenvalue weighted by Crippen LogP contribution is 2.33. The van der Waals surface area contributed by atoms with Gasteiger partial charge in [0.05, 0.1) is 15.2 Å². The van der Waals surface area contributed by atoms with Gasteiger partial charge < -0.3 is 5.73 Å². The largest absolute Gasteiger partial charge is 0.398 e. The van der Waals surface area contributed by atoms with Gasteiger partial charge in [0.1, 0.15) is 0 Å². The first-order valence-corrected chi connectivity index (χ1v) is 7.35. The molecule has 1 aromatic heterocycles. The molecule has 106 valence electrons. The quantitative estimate of drug-likeness (QED) is 0.705. The molecular weight excluding hydrogens is 354 g/mol. The van der Waals surface area contributed by atoms with Gasteiger partial charge in [0.2, 0.25) is 0 Å². The van der Waals surface area contributed by atoms with Crippen molar-refractivity contribution in [3.05, 3.63) is 51.5 Å². The highest BCUT2D eigenvalue weighted by Gasteiger charge is 2.17. The van der Waals surface area contributed by atoms with Crippen molar-refractivity contribution in [1.29, 1.82) is 0 Å². The van der Waals surface area contributed by atoms with E-state index in [2.05, 4.69) is 31.5 Å². The van der Waals surface area contributed by atoms with E-state index in [1.807, 2.05) is 43.3 Å². The Balaban J connectivity index is 2.25. The third-order valence-corrected chi connectivity index (χ3v) is 4.33. The van der Waals surface area contributed by atoms with Crippen LogP contribution in [0.1, 0.15) is 5.56 Å². The minimum Gasteiger partial charge on any atom is -0.398 e. The van der Waals surface area contributed by atoms with Crippen LogP contribution in [0.4, 0.5) is 5.69 Å². The van der Waals surface area contributed by atoms with E-state index in [1.54, 1.807) is 4.68 Å². The molecule has 0 bridgehead atoms. The lowest BCUT2D eigenvalue weighted by molar-refractivity contribution is 0.787. The molecule has 0 saturated carbocycles. The van der Waals surface area contributed by atoms with Gasteiger partial charge in [0.15, 0.2) is 5.82 Å². The lowest BCUT2D eigenvalue weighted by Crippen LogP contribution is -2.03. The van der Waals surface area contributed by atoms with Crippen LogP contribution in [0, 0.1) is 6.92 Å². The molecule has 21 heavy (non-hydrogen) atoms. The average Bonchev–Trinajstić information content (AvgIpc) is 2.91. The molecule has 0 spiro atoms. The lowest BCUT2D eigenvalue weighted by Gasteiger charge is -2.11. The summed E-state index contributed by atoms with van der Waals surface area (Å²) in [7, 11) is 0. The summed E-state index contributed by atoms with van der Waals surface area (Å²) < 4.78 is 2.38. The fourth-order valence-electron chi connectivity index (χ4n) is 2.12. The molecule has 0 amide bonds. The van der Waals surface area contributed by atoms with Crippen molar-refractivity contribution in [3.63, 3.8) is 0 Å². The topological polar surface area (TPSA) is 69.6 Å². The van der Waals surface area contributed by atoms with Crippen LogP contribution in [0.5, 0.6) is 0 Å².